The van der Waals surface area contributed by atoms with Gasteiger partial charge in [-0.25, -0.2) is 8.42 Å². The van der Waals surface area contributed by atoms with Gasteiger partial charge >= 0.3 is 0 Å². The van der Waals surface area contributed by atoms with E-state index in [1.165, 1.54) is 24.3 Å². The summed E-state index contributed by atoms with van der Waals surface area (Å²) in [7, 11) is -3.28. The zero-order chi connectivity index (χ0) is 16.9. The molecule has 4 nitrogen and oxygen atoms in total. The monoisotopic (exact) mass is 348 g/mol. The van der Waals surface area contributed by atoms with Crippen LogP contribution in [0.15, 0.2) is 59.5 Å². The van der Waals surface area contributed by atoms with Crippen molar-refractivity contribution in [1.82, 2.24) is 0 Å². The van der Waals surface area contributed by atoms with Gasteiger partial charge in [0.1, 0.15) is 0 Å². The Balaban J connectivity index is 1.91. The summed E-state index contributed by atoms with van der Waals surface area (Å²) in [5.41, 5.74) is 1.31. The molecule has 6 heteroatoms. The number of sulfone groups is 1. The number of Topliss-reactive ketones (excluding diaryl/α,β-unsaturated/α-hetero) is 1. The van der Waals surface area contributed by atoms with Gasteiger partial charge in [0.25, 0.3) is 0 Å². The van der Waals surface area contributed by atoms with Crippen LogP contribution < -0.4 is 0 Å². The van der Waals surface area contributed by atoms with Crippen molar-refractivity contribution < 1.29 is 18.0 Å². The van der Waals surface area contributed by atoms with Crippen LogP contribution in [0.3, 0.4) is 0 Å². The minimum atomic E-state index is -3.28. The van der Waals surface area contributed by atoms with Gasteiger partial charge in [0.2, 0.25) is 0 Å². The van der Waals surface area contributed by atoms with E-state index in [-0.39, 0.29) is 28.0 Å². The van der Waals surface area contributed by atoms with Crippen LogP contribution in [0, 0.1) is 0 Å². The summed E-state index contributed by atoms with van der Waals surface area (Å²) in [6.45, 7) is 0. The van der Waals surface area contributed by atoms with Gasteiger partial charge in [0.15, 0.2) is 20.7 Å². The van der Waals surface area contributed by atoms with E-state index < -0.39 is 9.84 Å². The third kappa shape index (κ3) is 5.33. The molecule has 23 heavy (non-hydrogen) atoms. The average molecular weight is 348 g/mol. The van der Waals surface area contributed by atoms with E-state index in [9.17, 15) is 18.0 Å². The summed E-state index contributed by atoms with van der Waals surface area (Å²) in [4.78, 5) is 24.1. The molecule has 0 amide bonds. The van der Waals surface area contributed by atoms with Gasteiger partial charge in [-0.3, -0.25) is 9.59 Å². The smallest absolute Gasteiger partial charge is 0.193 e. The number of thioether (sulfide) groups is 1. The third-order valence-electron chi connectivity index (χ3n) is 3.16. The van der Waals surface area contributed by atoms with Crippen molar-refractivity contribution in [2.45, 2.75) is 11.3 Å². The molecular formula is C17H16O4S2. The zero-order valence-corrected chi connectivity index (χ0v) is 14.2. The predicted octanol–water partition coefficient (Wildman–Crippen LogP) is 2.78. The summed E-state index contributed by atoms with van der Waals surface area (Å²) in [6, 6.07) is 15.1. The van der Waals surface area contributed by atoms with Crippen LogP contribution in [0.25, 0.3) is 0 Å². The molecule has 0 saturated heterocycles. The quantitative estimate of drug-likeness (QED) is 0.751. The predicted molar refractivity (Wildman–Crippen MR) is 91.5 cm³/mol. The van der Waals surface area contributed by atoms with Gasteiger partial charge < -0.3 is 0 Å². The fraction of sp³-hybridized carbons (Fsp3) is 0.176. The molecule has 0 saturated carbocycles. The minimum Gasteiger partial charge on any atom is -0.293 e. The SMILES string of the molecule is CS(=O)(=O)c1ccc(C(=O)CSC(=O)Cc2ccccc2)cc1. The fourth-order valence-electron chi connectivity index (χ4n) is 1.93. The molecule has 0 aliphatic heterocycles. The second-order valence-corrected chi connectivity index (χ2v) is 8.09. The number of hydrogen-bond acceptors (Lipinski definition) is 5. The molecule has 0 heterocycles. The van der Waals surface area contributed by atoms with Crippen LogP contribution in [-0.4, -0.2) is 31.3 Å². The highest BCUT2D eigenvalue weighted by Crippen LogP contribution is 2.14. The average Bonchev–Trinajstić information content (AvgIpc) is 2.53. The van der Waals surface area contributed by atoms with E-state index in [2.05, 4.69) is 0 Å². The van der Waals surface area contributed by atoms with Crippen molar-refractivity contribution in [3.8, 4) is 0 Å². The maximum Gasteiger partial charge on any atom is 0.193 e. The number of ketones is 1. The molecule has 2 aromatic rings. The first-order chi connectivity index (χ1) is 10.9. The number of rotatable bonds is 6. The molecule has 0 N–H and O–H groups in total. The molecule has 0 aromatic heterocycles. The Morgan fingerprint density at radius 1 is 0.957 bits per heavy atom. The molecule has 0 aliphatic rings. The Hall–Kier alpha value is -1.92. The molecule has 2 aromatic carbocycles. The molecule has 120 valence electrons. The zero-order valence-electron chi connectivity index (χ0n) is 12.6. The molecule has 0 atom stereocenters. The standard InChI is InChI=1S/C17H16O4S2/c1-23(20,21)15-9-7-14(8-10-15)16(18)12-22-17(19)11-13-5-3-2-4-6-13/h2-10H,11-12H2,1H3. The lowest BCUT2D eigenvalue weighted by Crippen LogP contribution is -2.07. The summed E-state index contributed by atoms with van der Waals surface area (Å²) >= 11 is 0.977. The topological polar surface area (TPSA) is 68.3 Å². The summed E-state index contributed by atoms with van der Waals surface area (Å²) in [6.07, 6.45) is 1.40. The van der Waals surface area contributed by atoms with Crippen LogP contribution in [0.4, 0.5) is 0 Å². The number of carbonyl (C=O) groups excluding carboxylic acids is 2. The van der Waals surface area contributed by atoms with Crippen LogP contribution in [-0.2, 0) is 21.1 Å². The molecule has 0 radical (unpaired) electrons. The van der Waals surface area contributed by atoms with E-state index in [1.807, 2.05) is 30.3 Å². The fourth-order valence-corrected chi connectivity index (χ4v) is 3.29. The first kappa shape index (κ1) is 17.4. The molecule has 0 aliphatic carbocycles. The van der Waals surface area contributed by atoms with E-state index in [4.69, 9.17) is 0 Å². The Kier molecular flexibility index (Phi) is 5.74. The first-order valence-electron chi connectivity index (χ1n) is 6.89. The number of benzene rings is 2. The van der Waals surface area contributed by atoms with E-state index in [0.717, 1.165) is 23.6 Å². The third-order valence-corrected chi connectivity index (χ3v) is 5.16. The van der Waals surface area contributed by atoms with Gasteiger partial charge in [0, 0.05) is 18.2 Å². The van der Waals surface area contributed by atoms with Crippen LogP contribution in [0.2, 0.25) is 0 Å². The van der Waals surface area contributed by atoms with E-state index in [0.29, 0.717) is 5.56 Å². The lowest BCUT2D eigenvalue weighted by molar-refractivity contribution is -0.110. The van der Waals surface area contributed by atoms with Crippen LogP contribution >= 0.6 is 11.8 Å². The second kappa shape index (κ2) is 7.57. The number of carbonyl (C=O) groups is 2. The lowest BCUT2D eigenvalue weighted by atomic mass is 10.1. The first-order valence-corrected chi connectivity index (χ1v) is 9.77. The highest BCUT2D eigenvalue weighted by molar-refractivity contribution is 8.14. The van der Waals surface area contributed by atoms with Crippen molar-refractivity contribution in [3.63, 3.8) is 0 Å². The van der Waals surface area contributed by atoms with Crippen molar-refractivity contribution >= 4 is 32.5 Å². The van der Waals surface area contributed by atoms with Gasteiger partial charge in [-0.1, -0.05) is 54.2 Å². The molecule has 0 fully saturated rings. The molecule has 0 bridgehead atoms. The molecule has 2 rings (SSSR count). The van der Waals surface area contributed by atoms with Crippen molar-refractivity contribution in [2.75, 3.05) is 12.0 Å². The van der Waals surface area contributed by atoms with Gasteiger partial charge in [-0.15, -0.1) is 0 Å². The molecule has 0 unspecified atom stereocenters. The Morgan fingerprint density at radius 2 is 1.57 bits per heavy atom. The Bertz CT molecular complexity index is 794. The van der Waals surface area contributed by atoms with Crippen molar-refractivity contribution in [3.05, 3.63) is 65.7 Å². The number of hydrogen-bond donors (Lipinski definition) is 0. The van der Waals surface area contributed by atoms with E-state index >= 15 is 0 Å². The maximum absolute atomic E-state index is 12.0. The van der Waals surface area contributed by atoms with Gasteiger partial charge in [-0.05, 0) is 17.7 Å². The summed E-state index contributed by atoms with van der Waals surface area (Å²) in [5.74, 6) is -0.152. The highest BCUT2D eigenvalue weighted by atomic mass is 32.2. The Morgan fingerprint density at radius 3 is 2.13 bits per heavy atom. The van der Waals surface area contributed by atoms with Gasteiger partial charge in [-0.2, -0.15) is 0 Å². The maximum atomic E-state index is 12.0. The van der Waals surface area contributed by atoms with Crippen molar-refractivity contribution in [2.24, 2.45) is 0 Å². The largest absolute Gasteiger partial charge is 0.293 e. The minimum absolute atomic E-state index is 0.0455. The van der Waals surface area contributed by atoms with Crippen LogP contribution in [0.5, 0.6) is 0 Å². The Labute approximate surface area is 139 Å². The summed E-state index contributed by atoms with van der Waals surface area (Å²) < 4.78 is 22.7. The molecular weight excluding hydrogens is 332 g/mol. The van der Waals surface area contributed by atoms with E-state index in [1.54, 1.807) is 0 Å². The van der Waals surface area contributed by atoms with Gasteiger partial charge in [0.05, 0.1) is 10.6 Å². The van der Waals surface area contributed by atoms with Crippen LogP contribution in [0.1, 0.15) is 15.9 Å². The summed E-state index contributed by atoms with van der Waals surface area (Å²) in [5, 5.41) is -0.0719. The molecule has 0 spiro atoms. The second-order valence-electron chi connectivity index (χ2n) is 5.04. The lowest BCUT2D eigenvalue weighted by Gasteiger charge is -2.03. The highest BCUT2D eigenvalue weighted by Gasteiger charge is 2.12. The normalized spacial score (nSPS) is 11.2. The van der Waals surface area contributed by atoms with Crippen molar-refractivity contribution in [1.29, 1.82) is 0 Å².